The number of aryl methyl sites for hydroxylation is 1. The fourth-order valence-electron chi connectivity index (χ4n) is 3.87. The van der Waals surface area contributed by atoms with Gasteiger partial charge in [-0.05, 0) is 44.9 Å². The summed E-state index contributed by atoms with van der Waals surface area (Å²) in [6.45, 7) is 2.47. The second-order valence-electron chi connectivity index (χ2n) is 7.87. The minimum Gasteiger partial charge on any atom is -0.488 e. The molecule has 2 aromatic heterocycles. The molecule has 0 aromatic carbocycles. The number of halogens is 3. The van der Waals surface area contributed by atoms with Crippen LogP contribution in [0.4, 0.5) is 30.8 Å². The molecular weight excluding hydrogens is 385 g/mol. The SMILES string of the molecule is Cc1nn(C2CCC2)c(Nc2ncc(C(F)(F)F)c(N)n2)c1OCC1CCCC1. The molecular formula is C19H25F3N6O. The van der Waals surface area contributed by atoms with E-state index < -0.39 is 17.6 Å². The van der Waals surface area contributed by atoms with Crippen LogP contribution in [0.5, 0.6) is 5.75 Å². The molecule has 2 aromatic rings. The normalized spacial score (nSPS) is 18.1. The van der Waals surface area contributed by atoms with E-state index in [0.29, 0.717) is 30.3 Å². The highest BCUT2D eigenvalue weighted by atomic mass is 19.4. The lowest BCUT2D eigenvalue weighted by Gasteiger charge is -2.27. The van der Waals surface area contributed by atoms with Crippen molar-refractivity contribution in [3.8, 4) is 5.75 Å². The smallest absolute Gasteiger partial charge is 0.421 e. The van der Waals surface area contributed by atoms with E-state index in [1.807, 2.05) is 11.6 Å². The van der Waals surface area contributed by atoms with E-state index in [2.05, 4.69) is 20.4 Å². The minimum atomic E-state index is -4.59. The molecule has 0 amide bonds. The molecule has 0 bridgehead atoms. The van der Waals surface area contributed by atoms with Crippen LogP contribution in [0.3, 0.4) is 0 Å². The third-order valence-corrected chi connectivity index (χ3v) is 5.74. The molecule has 0 aliphatic heterocycles. The first-order valence-electron chi connectivity index (χ1n) is 10.0. The average molecular weight is 410 g/mol. The number of aromatic nitrogens is 4. The van der Waals surface area contributed by atoms with E-state index in [9.17, 15) is 13.2 Å². The molecule has 2 heterocycles. The molecule has 0 atom stereocenters. The van der Waals surface area contributed by atoms with Crippen LogP contribution in [0.15, 0.2) is 6.20 Å². The number of nitrogen functional groups attached to an aromatic ring is 1. The van der Waals surface area contributed by atoms with Crippen molar-refractivity contribution in [2.75, 3.05) is 17.7 Å². The van der Waals surface area contributed by atoms with Crippen molar-refractivity contribution in [3.63, 3.8) is 0 Å². The molecule has 0 radical (unpaired) electrons. The van der Waals surface area contributed by atoms with E-state index in [4.69, 9.17) is 10.5 Å². The zero-order chi connectivity index (χ0) is 20.6. The van der Waals surface area contributed by atoms with Gasteiger partial charge in [-0.3, -0.25) is 0 Å². The van der Waals surface area contributed by atoms with Gasteiger partial charge < -0.3 is 15.8 Å². The predicted octanol–water partition coefficient (Wildman–Crippen LogP) is 4.62. The molecule has 10 heteroatoms. The van der Waals surface area contributed by atoms with Gasteiger partial charge in [0.1, 0.15) is 17.1 Å². The number of hydrogen-bond donors (Lipinski definition) is 2. The van der Waals surface area contributed by atoms with Gasteiger partial charge in [-0.1, -0.05) is 12.8 Å². The van der Waals surface area contributed by atoms with Gasteiger partial charge in [0.2, 0.25) is 5.95 Å². The Bertz CT molecular complexity index is 872. The van der Waals surface area contributed by atoms with Gasteiger partial charge >= 0.3 is 6.18 Å². The molecule has 7 nitrogen and oxygen atoms in total. The Hall–Kier alpha value is -2.52. The van der Waals surface area contributed by atoms with E-state index in [-0.39, 0.29) is 12.0 Å². The number of rotatable bonds is 6. The van der Waals surface area contributed by atoms with Gasteiger partial charge in [-0.15, -0.1) is 0 Å². The third-order valence-electron chi connectivity index (χ3n) is 5.74. The average Bonchev–Trinajstić information content (AvgIpc) is 3.20. The molecule has 0 unspecified atom stereocenters. The Morgan fingerprint density at radius 1 is 1.21 bits per heavy atom. The van der Waals surface area contributed by atoms with Crippen molar-refractivity contribution in [1.82, 2.24) is 19.7 Å². The minimum absolute atomic E-state index is 0.0123. The highest BCUT2D eigenvalue weighted by molar-refractivity contribution is 5.61. The summed E-state index contributed by atoms with van der Waals surface area (Å²) < 4.78 is 46.8. The van der Waals surface area contributed by atoms with Gasteiger partial charge in [0.25, 0.3) is 0 Å². The van der Waals surface area contributed by atoms with Gasteiger partial charge in [0.05, 0.1) is 12.6 Å². The summed E-state index contributed by atoms with van der Waals surface area (Å²) in [6.07, 6.45) is 3.94. The predicted molar refractivity (Wildman–Crippen MR) is 102 cm³/mol. The highest BCUT2D eigenvalue weighted by Crippen LogP contribution is 2.40. The molecule has 0 saturated heterocycles. The summed E-state index contributed by atoms with van der Waals surface area (Å²) in [5.74, 6) is 1.07. The molecule has 3 N–H and O–H groups in total. The molecule has 4 rings (SSSR count). The van der Waals surface area contributed by atoms with Crippen LogP contribution < -0.4 is 15.8 Å². The summed E-state index contributed by atoms with van der Waals surface area (Å²) in [6, 6.07) is 0.229. The fourth-order valence-corrected chi connectivity index (χ4v) is 3.87. The molecule has 0 spiro atoms. The first-order valence-corrected chi connectivity index (χ1v) is 10.0. The lowest BCUT2D eigenvalue weighted by Crippen LogP contribution is -2.20. The number of nitrogens with two attached hydrogens (primary N) is 1. The topological polar surface area (TPSA) is 90.9 Å². The van der Waals surface area contributed by atoms with Crippen LogP contribution >= 0.6 is 0 Å². The first-order chi connectivity index (χ1) is 13.8. The van der Waals surface area contributed by atoms with E-state index in [0.717, 1.165) is 37.8 Å². The largest absolute Gasteiger partial charge is 0.488 e. The van der Waals surface area contributed by atoms with Crippen LogP contribution in [0.1, 0.15) is 62.2 Å². The Labute approximate surface area is 166 Å². The quantitative estimate of drug-likeness (QED) is 0.722. The van der Waals surface area contributed by atoms with Crippen molar-refractivity contribution < 1.29 is 17.9 Å². The third kappa shape index (κ3) is 4.11. The Balaban J connectivity index is 1.61. The number of nitrogens with zero attached hydrogens (tertiary/aromatic N) is 4. The van der Waals surface area contributed by atoms with Gasteiger partial charge in [-0.25, -0.2) is 9.67 Å². The molecule has 2 aliphatic carbocycles. The number of anilines is 3. The summed E-state index contributed by atoms with van der Waals surface area (Å²) in [5, 5.41) is 7.63. The number of hydrogen-bond acceptors (Lipinski definition) is 6. The summed E-state index contributed by atoms with van der Waals surface area (Å²) in [4.78, 5) is 7.62. The summed E-state index contributed by atoms with van der Waals surface area (Å²) in [7, 11) is 0. The van der Waals surface area contributed by atoms with Crippen LogP contribution in [0, 0.1) is 12.8 Å². The monoisotopic (exact) mass is 410 g/mol. The summed E-state index contributed by atoms with van der Waals surface area (Å²) in [5.41, 5.74) is 5.20. The molecule has 2 fully saturated rings. The summed E-state index contributed by atoms with van der Waals surface area (Å²) >= 11 is 0. The zero-order valence-corrected chi connectivity index (χ0v) is 16.3. The van der Waals surface area contributed by atoms with E-state index in [1.54, 1.807) is 0 Å². The second-order valence-corrected chi connectivity index (χ2v) is 7.87. The fraction of sp³-hybridized carbons (Fsp3) is 0.632. The Morgan fingerprint density at radius 3 is 2.52 bits per heavy atom. The van der Waals surface area contributed by atoms with E-state index in [1.165, 1.54) is 12.8 Å². The first kappa shape index (κ1) is 19.8. The van der Waals surface area contributed by atoms with Crippen LogP contribution in [0.25, 0.3) is 0 Å². The number of alkyl halides is 3. The highest BCUT2D eigenvalue weighted by Gasteiger charge is 2.35. The van der Waals surface area contributed by atoms with Crippen molar-refractivity contribution in [1.29, 1.82) is 0 Å². The Kier molecular flexibility index (Phi) is 5.26. The zero-order valence-electron chi connectivity index (χ0n) is 16.3. The van der Waals surface area contributed by atoms with Crippen molar-refractivity contribution >= 4 is 17.6 Å². The van der Waals surface area contributed by atoms with Gasteiger partial charge in [-0.2, -0.15) is 23.3 Å². The number of nitrogens with one attached hydrogen (secondary N) is 1. The van der Waals surface area contributed by atoms with Crippen LogP contribution in [0.2, 0.25) is 0 Å². The van der Waals surface area contributed by atoms with Crippen molar-refractivity contribution in [2.24, 2.45) is 5.92 Å². The molecule has 29 heavy (non-hydrogen) atoms. The molecule has 158 valence electrons. The second kappa shape index (κ2) is 7.72. The van der Waals surface area contributed by atoms with Gasteiger partial charge in [0.15, 0.2) is 11.6 Å². The van der Waals surface area contributed by atoms with E-state index >= 15 is 0 Å². The maximum Gasteiger partial charge on any atom is 0.421 e. The maximum absolute atomic E-state index is 12.9. The van der Waals surface area contributed by atoms with Crippen LogP contribution in [-0.4, -0.2) is 26.4 Å². The lowest BCUT2D eigenvalue weighted by atomic mass is 9.93. The van der Waals surface area contributed by atoms with Crippen molar-refractivity contribution in [2.45, 2.75) is 64.1 Å². The maximum atomic E-state index is 12.9. The molecule has 2 saturated carbocycles. The lowest BCUT2D eigenvalue weighted by molar-refractivity contribution is -0.137. The molecule has 2 aliphatic rings. The van der Waals surface area contributed by atoms with Crippen molar-refractivity contribution in [3.05, 3.63) is 17.5 Å². The standard InChI is InChI=1S/C19H25F3N6O/c1-11-15(29-10-12-5-2-3-6-12)17(28(27-11)13-7-4-8-13)26-18-24-9-14(16(23)25-18)19(20,21)22/h9,12-13H,2-8,10H2,1H3,(H3,23,24,25,26). The number of ether oxygens (including phenoxy) is 1. The Morgan fingerprint density at radius 2 is 1.93 bits per heavy atom. The van der Waals surface area contributed by atoms with Gasteiger partial charge in [0, 0.05) is 6.20 Å². The van der Waals surface area contributed by atoms with Crippen LogP contribution in [-0.2, 0) is 6.18 Å².